The third-order valence-electron chi connectivity index (χ3n) is 5.57. The van der Waals surface area contributed by atoms with Gasteiger partial charge in [-0.1, -0.05) is 24.3 Å². The van der Waals surface area contributed by atoms with Crippen LogP contribution in [0.4, 0.5) is 0 Å². The third kappa shape index (κ3) is 2.55. The van der Waals surface area contributed by atoms with Crippen molar-refractivity contribution in [1.29, 1.82) is 0 Å². The molecule has 0 aromatic heterocycles. The maximum atomic E-state index is 12.5. The number of sulfonamides is 1. The summed E-state index contributed by atoms with van der Waals surface area (Å²) in [6, 6.07) is 7.45. The number of hydrogen-bond donors (Lipinski definition) is 2. The quantitative estimate of drug-likeness (QED) is 0.842. The van der Waals surface area contributed by atoms with Gasteiger partial charge in [-0.2, -0.15) is 0 Å². The lowest BCUT2D eigenvalue weighted by Crippen LogP contribution is -2.53. The van der Waals surface area contributed by atoms with Gasteiger partial charge in [-0.25, -0.2) is 13.1 Å². The molecule has 2 unspecified atom stereocenters. The number of carbonyl (C=O) groups excluding carboxylic acids is 1. The Morgan fingerprint density at radius 2 is 2.04 bits per heavy atom. The Balaban J connectivity index is 1.57. The highest BCUT2D eigenvalue weighted by molar-refractivity contribution is 7.91. The monoisotopic (exact) mass is 349 g/mol. The molecule has 1 aromatic carbocycles. The zero-order chi connectivity index (χ0) is 16.9. The van der Waals surface area contributed by atoms with Crippen LogP contribution < -0.4 is 10.0 Å². The van der Waals surface area contributed by atoms with E-state index >= 15 is 0 Å². The first-order valence-corrected chi connectivity index (χ1v) is 9.99. The molecular formula is C17H23N3O3S. The van der Waals surface area contributed by atoms with Gasteiger partial charge in [0.2, 0.25) is 15.9 Å². The molecule has 24 heavy (non-hydrogen) atoms. The molecule has 4 rings (SSSR count). The van der Waals surface area contributed by atoms with Crippen LogP contribution in [0.25, 0.3) is 0 Å². The second-order valence-corrected chi connectivity index (χ2v) is 9.36. The zero-order valence-corrected chi connectivity index (χ0v) is 14.6. The fourth-order valence-corrected chi connectivity index (χ4v) is 5.99. The Morgan fingerprint density at radius 3 is 2.71 bits per heavy atom. The molecule has 6 nitrogen and oxygen atoms in total. The topological polar surface area (TPSA) is 78.5 Å². The minimum Gasteiger partial charge on any atom is -0.353 e. The van der Waals surface area contributed by atoms with Gasteiger partial charge in [-0.3, -0.25) is 9.69 Å². The van der Waals surface area contributed by atoms with Crippen molar-refractivity contribution < 1.29 is 13.2 Å². The molecule has 7 heteroatoms. The van der Waals surface area contributed by atoms with E-state index < -0.39 is 14.8 Å². The molecule has 1 saturated carbocycles. The van der Waals surface area contributed by atoms with E-state index in [4.69, 9.17) is 0 Å². The smallest absolute Gasteiger partial charge is 0.242 e. The summed E-state index contributed by atoms with van der Waals surface area (Å²) in [5.74, 6) is -0.00228. The summed E-state index contributed by atoms with van der Waals surface area (Å²) in [6.07, 6.45) is 2.19. The van der Waals surface area contributed by atoms with Gasteiger partial charge in [0.05, 0.1) is 4.75 Å². The highest BCUT2D eigenvalue weighted by Gasteiger charge is 2.60. The van der Waals surface area contributed by atoms with E-state index in [0.29, 0.717) is 19.5 Å². The van der Waals surface area contributed by atoms with Gasteiger partial charge in [-0.15, -0.1) is 0 Å². The number of carbonyl (C=O) groups is 1. The molecule has 2 heterocycles. The van der Waals surface area contributed by atoms with Crippen molar-refractivity contribution in [3.8, 4) is 0 Å². The van der Waals surface area contributed by atoms with Crippen molar-refractivity contribution in [2.24, 2.45) is 0 Å². The van der Waals surface area contributed by atoms with Gasteiger partial charge in [-0.05, 0) is 37.3 Å². The third-order valence-corrected chi connectivity index (χ3v) is 7.93. The molecule has 2 saturated heterocycles. The number of amides is 1. The molecule has 2 N–H and O–H groups in total. The Hall–Kier alpha value is -1.44. The van der Waals surface area contributed by atoms with Crippen LogP contribution in [0.2, 0.25) is 0 Å². The number of nitrogens with zero attached hydrogens (tertiary/aromatic N) is 1. The van der Waals surface area contributed by atoms with E-state index in [-0.39, 0.29) is 18.0 Å². The molecule has 3 fully saturated rings. The van der Waals surface area contributed by atoms with Crippen LogP contribution in [0.3, 0.4) is 0 Å². The number of piperazine rings is 1. The lowest BCUT2D eigenvalue weighted by molar-refractivity contribution is -0.129. The molecular weight excluding hydrogens is 326 g/mol. The summed E-state index contributed by atoms with van der Waals surface area (Å²) < 4.78 is 26.8. The van der Waals surface area contributed by atoms with Gasteiger partial charge in [0, 0.05) is 25.7 Å². The Morgan fingerprint density at radius 1 is 1.29 bits per heavy atom. The highest BCUT2D eigenvalue weighted by atomic mass is 32.2. The number of nitrogens with one attached hydrogen (secondary N) is 2. The largest absolute Gasteiger partial charge is 0.353 e. The average molecular weight is 349 g/mol. The van der Waals surface area contributed by atoms with Crippen LogP contribution in [0.15, 0.2) is 24.3 Å². The Labute approximate surface area is 142 Å². The zero-order valence-electron chi connectivity index (χ0n) is 13.8. The molecule has 0 bridgehead atoms. The number of benzene rings is 1. The normalized spacial score (nSPS) is 31.1. The fraction of sp³-hybridized carbons (Fsp3) is 0.588. The maximum Gasteiger partial charge on any atom is 0.242 e. The van der Waals surface area contributed by atoms with Crippen LogP contribution in [0, 0.1) is 6.92 Å². The van der Waals surface area contributed by atoms with E-state index in [1.165, 1.54) is 0 Å². The SMILES string of the molecule is Cc1ccccc1C1C(=O)NCCN1CC1CC2(CC2)S(=O)(=O)N1. The first kappa shape index (κ1) is 16.1. The van der Waals surface area contributed by atoms with Crippen molar-refractivity contribution in [2.45, 2.75) is 43.0 Å². The van der Waals surface area contributed by atoms with Crippen molar-refractivity contribution in [2.75, 3.05) is 19.6 Å². The molecule has 2 aliphatic heterocycles. The lowest BCUT2D eigenvalue weighted by atomic mass is 9.97. The van der Waals surface area contributed by atoms with Crippen molar-refractivity contribution >= 4 is 15.9 Å². The summed E-state index contributed by atoms with van der Waals surface area (Å²) in [7, 11) is -3.19. The second-order valence-electron chi connectivity index (χ2n) is 7.25. The van der Waals surface area contributed by atoms with Crippen LogP contribution in [-0.2, 0) is 14.8 Å². The fourth-order valence-electron chi connectivity index (χ4n) is 4.08. The minimum atomic E-state index is -3.19. The molecule has 1 spiro atoms. The summed E-state index contributed by atoms with van der Waals surface area (Å²) in [5.41, 5.74) is 2.08. The van der Waals surface area contributed by atoms with Gasteiger partial charge < -0.3 is 5.32 Å². The predicted octanol–water partition coefficient (Wildman–Crippen LogP) is 0.692. The molecule has 1 aliphatic carbocycles. The number of aryl methyl sites for hydroxylation is 1. The molecule has 0 radical (unpaired) electrons. The van der Waals surface area contributed by atoms with Crippen LogP contribution >= 0.6 is 0 Å². The van der Waals surface area contributed by atoms with Gasteiger partial charge in [0.25, 0.3) is 0 Å². The summed E-state index contributed by atoms with van der Waals surface area (Å²) in [5, 5.41) is 2.94. The van der Waals surface area contributed by atoms with E-state index in [0.717, 1.165) is 30.5 Å². The molecule has 130 valence electrons. The first-order chi connectivity index (χ1) is 11.4. The van der Waals surface area contributed by atoms with Crippen molar-refractivity contribution in [3.05, 3.63) is 35.4 Å². The molecule has 1 amide bonds. The maximum absolute atomic E-state index is 12.5. The highest BCUT2D eigenvalue weighted by Crippen LogP contribution is 2.50. The Kier molecular flexibility index (Phi) is 3.71. The molecule has 1 aromatic rings. The summed E-state index contributed by atoms with van der Waals surface area (Å²) in [4.78, 5) is 14.6. The molecule has 3 aliphatic rings. The number of hydrogen-bond acceptors (Lipinski definition) is 4. The second kappa shape index (κ2) is 5.54. The van der Waals surface area contributed by atoms with Crippen LogP contribution in [0.5, 0.6) is 0 Å². The van der Waals surface area contributed by atoms with Crippen molar-refractivity contribution in [3.63, 3.8) is 0 Å². The summed E-state index contributed by atoms with van der Waals surface area (Å²) in [6.45, 7) is 3.92. The Bertz CT molecular complexity index is 773. The minimum absolute atomic E-state index is 0.00228. The van der Waals surface area contributed by atoms with Crippen LogP contribution in [0.1, 0.15) is 36.4 Å². The van der Waals surface area contributed by atoms with Gasteiger partial charge in [0.15, 0.2) is 0 Å². The van der Waals surface area contributed by atoms with E-state index in [1.807, 2.05) is 31.2 Å². The predicted molar refractivity (Wildman–Crippen MR) is 90.9 cm³/mol. The van der Waals surface area contributed by atoms with Crippen molar-refractivity contribution in [1.82, 2.24) is 14.9 Å². The standard InChI is InChI=1S/C17H23N3O3S/c1-12-4-2-3-5-14(12)15-16(21)18-8-9-20(15)11-13-10-17(6-7-17)24(22,23)19-13/h2-5,13,15,19H,6-11H2,1H3,(H,18,21). The van der Waals surface area contributed by atoms with Crippen LogP contribution in [-0.4, -0.2) is 49.6 Å². The average Bonchev–Trinajstić information content (AvgIpc) is 3.25. The summed E-state index contributed by atoms with van der Waals surface area (Å²) >= 11 is 0. The number of rotatable bonds is 3. The van der Waals surface area contributed by atoms with Gasteiger partial charge >= 0.3 is 0 Å². The van der Waals surface area contributed by atoms with E-state index in [2.05, 4.69) is 14.9 Å². The van der Waals surface area contributed by atoms with E-state index in [1.54, 1.807) is 0 Å². The lowest BCUT2D eigenvalue weighted by Gasteiger charge is -2.37. The molecule has 2 atom stereocenters. The first-order valence-electron chi connectivity index (χ1n) is 8.51. The van der Waals surface area contributed by atoms with E-state index in [9.17, 15) is 13.2 Å². The van der Waals surface area contributed by atoms with Gasteiger partial charge in [0.1, 0.15) is 6.04 Å².